The summed E-state index contributed by atoms with van der Waals surface area (Å²) in [4.78, 5) is 18.1. The molecule has 2 aliphatic heterocycles. The third-order valence-electron chi connectivity index (χ3n) is 7.78. The van der Waals surface area contributed by atoms with Crippen LogP contribution in [0, 0.1) is 0 Å². The van der Waals surface area contributed by atoms with Crippen LogP contribution in [0.3, 0.4) is 0 Å². The van der Waals surface area contributed by atoms with Gasteiger partial charge in [-0.3, -0.25) is 9.69 Å². The molecular weight excluding hydrogens is 502 g/mol. The summed E-state index contributed by atoms with van der Waals surface area (Å²) < 4.78 is 32.3. The highest BCUT2D eigenvalue weighted by Gasteiger charge is 2.30. The fourth-order valence-electron chi connectivity index (χ4n) is 5.61. The SMILES string of the molecule is NCCCS(=O)(=O)N1CCC(c2c[nH]c3c(C(N)=O)cc(-c4ccc(CN5CCOCC5)cc4)cc23)CC1. The van der Waals surface area contributed by atoms with E-state index in [0.29, 0.717) is 31.6 Å². The number of benzene rings is 2. The maximum absolute atomic E-state index is 12.6. The predicted molar refractivity (Wildman–Crippen MR) is 149 cm³/mol. The molecule has 10 heteroatoms. The Hall–Kier alpha value is -2.76. The molecule has 0 spiro atoms. The Kier molecular flexibility index (Phi) is 8.15. The van der Waals surface area contributed by atoms with Crippen molar-refractivity contribution in [2.24, 2.45) is 11.5 Å². The summed E-state index contributed by atoms with van der Waals surface area (Å²) in [5.41, 5.74) is 16.8. The maximum Gasteiger partial charge on any atom is 0.250 e. The highest BCUT2D eigenvalue weighted by molar-refractivity contribution is 7.89. The molecule has 3 aromatic rings. The second-order valence-corrected chi connectivity index (χ2v) is 12.4. The van der Waals surface area contributed by atoms with E-state index in [2.05, 4.69) is 40.2 Å². The lowest BCUT2D eigenvalue weighted by Crippen LogP contribution is -2.39. The number of aromatic amines is 1. The van der Waals surface area contributed by atoms with Crippen LogP contribution in [0.15, 0.2) is 42.6 Å². The van der Waals surface area contributed by atoms with E-state index in [1.54, 1.807) is 4.31 Å². The first kappa shape index (κ1) is 26.8. The molecule has 0 saturated carbocycles. The van der Waals surface area contributed by atoms with Crippen LogP contribution in [0.5, 0.6) is 0 Å². The summed E-state index contributed by atoms with van der Waals surface area (Å²) >= 11 is 0. The Labute approximate surface area is 224 Å². The van der Waals surface area contributed by atoms with E-state index >= 15 is 0 Å². The molecule has 2 saturated heterocycles. The average Bonchev–Trinajstić information content (AvgIpc) is 3.36. The van der Waals surface area contributed by atoms with Gasteiger partial charge in [-0.1, -0.05) is 24.3 Å². The lowest BCUT2D eigenvalue weighted by atomic mass is 9.88. The largest absolute Gasteiger partial charge is 0.379 e. The van der Waals surface area contributed by atoms with Gasteiger partial charge in [0.1, 0.15) is 0 Å². The molecule has 2 aliphatic rings. The Morgan fingerprint density at radius 1 is 1.03 bits per heavy atom. The number of hydrogen-bond acceptors (Lipinski definition) is 6. The zero-order chi connectivity index (χ0) is 26.7. The monoisotopic (exact) mass is 539 g/mol. The first-order valence-corrected chi connectivity index (χ1v) is 15.0. The lowest BCUT2D eigenvalue weighted by molar-refractivity contribution is 0.0342. The van der Waals surface area contributed by atoms with Crippen LogP contribution in [-0.4, -0.2) is 80.2 Å². The van der Waals surface area contributed by atoms with Crippen LogP contribution in [0.2, 0.25) is 0 Å². The Morgan fingerprint density at radius 2 is 1.74 bits per heavy atom. The molecular formula is C28H37N5O4S. The Balaban J connectivity index is 1.38. The Bertz CT molecular complexity index is 1370. The second-order valence-electron chi connectivity index (χ2n) is 10.3. The first-order valence-electron chi connectivity index (χ1n) is 13.4. The molecule has 2 aromatic carbocycles. The fourth-order valence-corrected chi connectivity index (χ4v) is 7.17. The van der Waals surface area contributed by atoms with E-state index in [0.717, 1.165) is 73.3 Å². The van der Waals surface area contributed by atoms with Crippen molar-refractivity contribution >= 4 is 26.8 Å². The molecule has 204 valence electrons. The van der Waals surface area contributed by atoms with Gasteiger partial charge in [0.25, 0.3) is 5.91 Å². The minimum atomic E-state index is -3.28. The van der Waals surface area contributed by atoms with Crippen molar-refractivity contribution in [3.8, 4) is 11.1 Å². The number of rotatable bonds is 9. The van der Waals surface area contributed by atoms with Gasteiger partial charge in [-0.05, 0) is 66.1 Å². The summed E-state index contributed by atoms with van der Waals surface area (Å²) in [7, 11) is -3.28. The molecule has 0 bridgehead atoms. The van der Waals surface area contributed by atoms with Crippen molar-refractivity contribution in [2.75, 3.05) is 51.7 Å². The van der Waals surface area contributed by atoms with Crippen molar-refractivity contribution in [1.29, 1.82) is 0 Å². The quantitative estimate of drug-likeness (QED) is 0.383. The number of amides is 1. The third kappa shape index (κ3) is 5.79. The van der Waals surface area contributed by atoms with Crippen molar-refractivity contribution in [2.45, 2.75) is 31.7 Å². The number of piperidine rings is 1. The van der Waals surface area contributed by atoms with Crippen LogP contribution in [0.4, 0.5) is 0 Å². The van der Waals surface area contributed by atoms with Gasteiger partial charge < -0.3 is 21.2 Å². The predicted octanol–water partition coefficient (Wildman–Crippen LogP) is 2.62. The van der Waals surface area contributed by atoms with E-state index in [-0.39, 0.29) is 11.7 Å². The van der Waals surface area contributed by atoms with Crippen molar-refractivity contribution in [1.82, 2.24) is 14.2 Å². The summed E-state index contributed by atoms with van der Waals surface area (Å²) in [5.74, 6) is -0.191. The summed E-state index contributed by atoms with van der Waals surface area (Å²) in [6, 6.07) is 12.4. The van der Waals surface area contributed by atoms with Crippen LogP contribution in [0.25, 0.3) is 22.0 Å². The minimum Gasteiger partial charge on any atom is -0.379 e. The van der Waals surface area contributed by atoms with Gasteiger partial charge in [0.2, 0.25) is 10.0 Å². The number of hydrogen-bond donors (Lipinski definition) is 3. The number of nitrogens with two attached hydrogens (primary N) is 2. The normalized spacial score (nSPS) is 18.2. The molecule has 0 unspecified atom stereocenters. The van der Waals surface area contributed by atoms with Crippen LogP contribution in [0.1, 0.15) is 46.7 Å². The second kappa shape index (κ2) is 11.5. The highest BCUT2D eigenvalue weighted by Crippen LogP contribution is 2.37. The highest BCUT2D eigenvalue weighted by atomic mass is 32.2. The van der Waals surface area contributed by atoms with Gasteiger partial charge in [0.05, 0.1) is 30.0 Å². The number of carbonyl (C=O) groups excluding carboxylic acids is 1. The zero-order valence-corrected chi connectivity index (χ0v) is 22.5. The standard InChI is InChI=1S/C28H37N5O4S/c29-8-1-15-38(35,36)33-9-6-22(7-10-33)26-18-31-27-24(26)16-23(17-25(27)28(30)34)21-4-2-20(3-5-21)19-32-11-13-37-14-12-32/h2-5,16-18,22,31H,1,6-15,19,29H2,(H2,30,34). The van der Waals surface area contributed by atoms with Gasteiger partial charge in [0.15, 0.2) is 0 Å². The fraction of sp³-hybridized carbons (Fsp3) is 0.464. The van der Waals surface area contributed by atoms with Crippen molar-refractivity contribution < 1.29 is 17.9 Å². The van der Waals surface area contributed by atoms with E-state index in [1.807, 2.05) is 12.3 Å². The number of sulfonamides is 1. The number of fused-ring (bicyclic) bond motifs is 1. The van der Waals surface area contributed by atoms with Gasteiger partial charge in [-0.2, -0.15) is 0 Å². The average molecular weight is 540 g/mol. The maximum atomic E-state index is 12.6. The van der Waals surface area contributed by atoms with E-state index in [9.17, 15) is 13.2 Å². The van der Waals surface area contributed by atoms with Gasteiger partial charge in [-0.15, -0.1) is 0 Å². The van der Waals surface area contributed by atoms with Gasteiger partial charge in [0, 0.05) is 44.3 Å². The number of aromatic nitrogens is 1. The number of H-pyrrole nitrogens is 1. The minimum absolute atomic E-state index is 0.0951. The van der Waals surface area contributed by atoms with E-state index in [1.165, 1.54) is 5.56 Å². The molecule has 1 aromatic heterocycles. The molecule has 38 heavy (non-hydrogen) atoms. The van der Waals surface area contributed by atoms with E-state index in [4.69, 9.17) is 16.2 Å². The molecule has 0 radical (unpaired) electrons. The summed E-state index contributed by atoms with van der Waals surface area (Å²) in [5, 5.41) is 0.970. The zero-order valence-electron chi connectivity index (χ0n) is 21.7. The molecule has 1 amide bonds. The molecule has 0 atom stereocenters. The van der Waals surface area contributed by atoms with Crippen molar-refractivity contribution in [3.05, 3.63) is 59.3 Å². The number of nitrogens with one attached hydrogen (secondary N) is 1. The molecule has 2 fully saturated rings. The van der Waals surface area contributed by atoms with Crippen molar-refractivity contribution in [3.63, 3.8) is 0 Å². The number of carbonyl (C=O) groups is 1. The smallest absolute Gasteiger partial charge is 0.250 e. The molecule has 3 heterocycles. The number of morpholine rings is 1. The van der Waals surface area contributed by atoms with Gasteiger partial charge in [-0.25, -0.2) is 12.7 Å². The lowest BCUT2D eigenvalue weighted by Gasteiger charge is -2.31. The molecule has 0 aliphatic carbocycles. The topological polar surface area (TPSA) is 135 Å². The van der Waals surface area contributed by atoms with E-state index < -0.39 is 15.9 Å². The summed E-state index contributed by atoms with van der Waals surface area (Å²) in [6.45, 7) is 5.65. The molecule has 5 rings (SSSR count). The van der Waals surface area contributed by atoms with Crippen LogP contribution < -0.4 is 11.5 Å². The molecule has 9 nitrogen and oxygen atoms in total. The van der Waals surface area contributed by atoms with Crippen LogP contribution >= 0.6 is 0 Å². The Morgan fingerprint density at radius 3 is 2.39 bits per heavy atom. The first-order chi connectivity index (χ1) is 18.4. The number of primary amides is 1. The van der Waals surface area contributed by atoms with Crippen LogP contribution in [-0.2, 0) is 21.3 Å². The third-order valence-corrected chi connectivity index (χ3v) is 9.73. The number of nitrogens with zero attached hydrogens (tertiary/aromatic N) is 2. The van der Waals surface area contributed by atoms with Gasteiger partial charge >= 0.3 is 0 Å². The number of ether oxygens (including phenoxy) is 1. The molecule has 5 N–H and O–H groups in total. The summed E-state index contributed by atoms with van der Waals surface area (Å²) in [6.07, 6.45) is 3.87.